The third kappa shape index (κ3) is 5.85. The van der Waals surface area contributed by atoms with Crippen LogP contribution in [-0.2, 0) is 11.0 Å². The smallest absolute Gasteiger partial charge is 0.453 e. The Kier molecular flexibility index (Phi) is 7.10. The largest absolute Gasteiger partial charge is 0.497 e. The minimum Gasteiger partial charge on any atom is -0.497 e. The zero-order chi connectivity index (χ0) is 26.7. The van der Waals surface area contributed by atoms with Crippen LogP contribution in [0.1, 0.15) is 16.9 Å². The molecular weight excluding hydrogens is 491 g/mol. The summed E-state index contributed by atoms with van der Waals surface area (Å²) in [6, 6.07) is 15.3. The summed E-state index contributed by atoms with van der Waals surface area (Å²) in [5.41, 5.74) is 0.453. The molecule has 1 aromatic heterocycles. The van der Waals surface area contributed by atoms with E-state index < -0.39 is 35.6 Å². The number of carbonyl (C=O) groups excluding carboxylic acids is 1. The fraction of sp³-hybridized carbons (Fsp3) is 0.185. The van der Waals surface area contributed by atoms with Crippen molar-refractivity contribution >= 4 is 22.6 Å². The first-order valence-electron chi connectivity index (χ1n) is 11.0. The number of methoxy groups -OCH3 is 1. The molecule has 0 saturated carbocycles. The first kappa shape index (κ1) is 25.6. The van der Waals surface area contributed by atoms with Crippen molar-refractivity contribution in [2.75, 3.05) is 19.0 Å². The maximum atomic E-state index is 13.8. The van der Waals surface area contributed by atoms with Gasteiger partial charge >= 0.3 is 6.18 Å². The van der Waals surface area contributed by atoms with Gasteiger partial charge in [-0.2, -0.15) is 13.2 Å². The number of rotatable bonds is 7. The van der Waals surface area contributed by atoms with E-state index in [-0.39, 0.29) is 22.5 Å². The molecule has 1 amide bonds. The lowest BCUT2D eigenvalue weighted by atomic mass is 10.1. The lowest BCUT2D eigenvalue weighted by molar-refractivity contribution is -0.154. The molecule has 0 bridgehead atoms. The predicted octanol–water partition coefficient (Wildman–Crippen LogP) is 6.25. The Morgan fingerprint density at radius 2 is 1.68 bits per heavy atom. The van der Waals surface area contributed by atoms with Crippen LogP contribution in [-0.4, -0.2) is 19.6 Å². The van der Waals surface area contributed by atoms with Crippen molar-refractivity contribution < 1.29 is 36.6 Å². The Bertz CT molecular complexity index is 1510. The second kappa shape index (κ2) is 10.3. The first-order chi connectivity index (χ1) is 17.5. The maximum absolute atomic E-state index is 13.8. The third-order valence-electron chi connectivity index (χ3n) is 5.38. The van der Waals surface area contributed by atoms with E-state index >= 15 is 0 Å². The van der Waals surface area contributed by atoms with E-state index in [1.807, 2.05) is 0 Å². The van der Waals surface area contributed by atoms with Crippen LogP contribution >= 0.6 is 0 Å². The van der Waals surface area contributed by atoms with Gasteiger partial charge in [-0.1, -0.05) is 12.1 Å². The molecule has 0 aliphatic rings. The van der Waals surface area contributed by atoms with Crippen molar-refractivity contribution in [3.8, 4) is 23.0 Å². The van der Waals surface area contributed by atoms with E-state index in [1.54, 1.807) is 50.2 Å². The van der Waals surface area contributed by atoms with E-state index in [1.165, 1.54) is 25.3 Å². The van der Waals surface area contributed by atoms with E-state index in [9.17, 15) is 22.8 Å². The second-order valence-corrected chi connectivity index (χ2v) is 8.18. The molecule has 4 rings (SSSR count). The highest BCUT2D eigenvalue weighted by Gasteiger charge is 2.40. The predicted molar refractivity (Wildman–Crippen MR) is 131 cm³/mol. The minimum atomic E-state index is -5.00. The van der Waals surface area contributed by atoms with Crippen LogP contribution in [0.2, 0.25) is 0 Å². The Balaban J connectivity index is 1.59. The summed E-state index contributed by atoms with van der Waals surface area (Å²) in [6.45, 7) is 2.97. The van der Waals surface area contributed by atoms with Crippen molar-refractivity contribution in [3.05, 3.63) is 87.8 Å². The lowest BCUT2D eigenvalue weighted by Gasteiger charge is -2.15. The molecule has 0 atom stereocenters. The molecule has 0 aliphatic heterocycles. The summed E-state index contributed by atoms with van der Waals surface area (Å²) in [7, 11) is 1.52. The van der Waals surface area contributed by atoms with Gasteiger partial charge in [0.1, 0.15) is 22.8 Å². The van der Waals surface area contributed by atoms with Gasteiger partial charge in [-0.25, -0.2) is 0 Å². The molecule has 0 spiro atoms. The SMILES string of the molecule is COc1ccc(NC(=O)COc2ccc3c(=O)c(Oc4cc(C)ccc4C)c(C(F)(F)F)oc3c2)cc1. The standard InChI is InChI=1S/C27H22F3NO6/c1-15-4-5-16(2)21(12-15)36-25-24(33)20-11-10-19(13-22(20)37-26(25)27(28,29)30)35-14-23(32)31-17-6-8-18(34-3)9-7-17/h4-13H,14H2,1-3H3,(H,31,32). The van der Waals surface area contributed by atoms with E-state index in [4.69, 9.17) is 18.6 Å². The number of carbonyl (C=O) groups is 1. The maximum Gasteiger partial charge on any atom is 0.453 e. The molecule has 0 radical (unpaired) electrons. The van der Waals surface area contributed by atoms with Crippen molar-refractivity contribution in [2.45, 2.75) is 20.0 Å². The van der Waals surface area contributed by atoms with Gasteiger partial charge < -0.3 is 23.9 Å². The molecule has 0 unspecified atom stereocenters. The molecule has 1 N–H and O–H groups in total. The molecule has 192 valence electrons. The van der Waals surface area contributed by atoms with Crippen LogP contribution in [0.15, 0.2) is 69.9 Å². The number of nitrogens with one attached hydrogen (secondary N) is 1. The topological polar surface area (TPSA) is 87.0 Å². The minimum absolute atomic E-state index is 0.0388. The summed E-state index contributed by atoms with van der Waals surface area (Å²) in [6.07, 6.45) is -5.00. The lowest BCUT2D eigenvalue weighted by Crippen LogP contribution is -2.20. The Morgan fingerprint density at radius 3 is 2.35 bits per heavy atom. The normalized spacial score (nSPS) is 11.3. The van der Waals surface area contributed by atoms with Gasteiger partial charge in [0.05, 0.1) is 12.5 Å². The molecule has 4 aromatic rings. The third-order valence-corrected chi connectivity index (χ3v) is 5.38. The number of amides is 1. The van der Waals surface area contributed by atoms with Crippen molar-refractivity contribution in [2.24, 2.45) is 0 Å². The molecule has 7 nitrogen and oxygen atoms in total. The van der Waals surface area contributed by atoms with Gasteiger partial charge in [-0.05, 0) is 67.4 Å². The number of halogens is 3. The quantitative estimate of drug-likeness (QED) is 0.315. The highest BCUT2D eigenvalue weighted by Crippen LogP contribution is 2.39. The monoisotopic (exact) mass is 513 g/mol. The number of hydrogen-bond donors (Lipinski definition) is 1. The van der Waals surface area contributed by atoms with E-state index in [0.29, 0.717) is 17.0 Å². The van der Waals surface area contributed by atoms with Crippen molar-refractivity contribution in [3.63, 3.8) is 0 Å². The number of alkyl halides is 3. The Hall–Kier alpha value is -4.47. The first-order valence-corrected chi connectivity index (χ1v) is 11.0. The number of fused-ring (bicyclic) bond motifs is 1. The van der Waals surface area contributed by atoms with Gasteiger partial charge in [0.25, 0.3) is 11.7 Å². The zero-order valence-corrected chi connectivity index (χ0v) is 20.1. The van der Waals surface area contributed by atoms with Gasteiger partial charge in [0.15, 0.2) is 6.61 Å². The van der Waals surface area contributed by atoms with Gasteiger partial charge in [0.2, 0.25) is 11.2 Å². The molecule has 3 aromatic carbocycles. The number of ether oxygens (including phenoxy) is 3. The van der Waals surface area contributed by atoms with Gasteiger partial charge in [-0.15, -0.1) is 0 Å². The Labute approximate surface area is 209 Å². The van der Waals surface area contributed by atoms with Crippen LogP contribution in [0.5, 0.6) is 23.0 Å². The number of benzene rings is 3. The molecule has 0 aliphatic carbocycles. The summed E-state index contributed by atoms with van der Waals surface area (Å²) >= 11 is 0. The molecule has 37 heavy (non-hydrogen) atoms. The summed E-state index contributed by atoms with van der Waals surface area (Å²) in [4.78, 5) is 25.2. The fourth-order valence-electron chi connectivity index (χ4n) is 3.47. The van der Waals surface area contributed by atoms with Crippen LogP contribution in [0.25, 0.3) is 11.0 Å². The van der Waals surface area contributed by atoms with E-state index in [0.717, 1.165) is 11.6 Å². The van der Waals surface area contributed by atoms with Gasteiger partial charge in [0, 0.05) is 11.8 Å². The van der Waals surface area contributed by atoms with Crippen LogP contribution < -0.4 is 25.0 Å². The molecule has 10 heteroatoms. The Morgan fingerprint density at radius 1 is 0.973 bits per heavy atom. The summed E-state index contributed by atoms with van der Waals surface area (Å²) in [5.74, 6) is -2.26. The number of anilines is 1. The summed E-state index contributed by atoms with van der Waals surface area (Å²) in [5, 5.41) is 2.48. The molecule has 1 heterocycles. The van der Waals surface area contributed by atoms with Crippen molar-refractivity contribution in [1.29, 1.82) is 0 Å². The summed E-state index contributed by atoms with van der Waals surface area (Å²) < 4.78 is 62.5. The van der Waals surface area contributed by atoms with Crippen LogP contribution in [0.4, 0.5) is 18.9 Å². The fourth-order valence-corrected chi connectivity index (χ4v) is 3.47. The highest BCUT2D eigenvalue weighted by molar-refractivity contribution is 5.92. The average Bonchev–Trinajstić information content (AvgIpc) is 2.86. The van der Waals surface area contributed by atoms with Crippen molar-refractivity contribution in [1.82, 2.24) is 0 Å². The van der Waals surface area contributed by atoms with Crippen LogP contribution in [0, 0.1) is 13.8 Å². The second-order valence-electron chi connectivity index (χ2n) is 8.18. The number of hydrogen-bond acceptors (Lipinski definition) is 6. The zero-order valence-electron chi connectivity index (χ0n) is 20.1. The average molecular weight is 513 g/mol. The van der Waals surface area contributed by atoms with E-state index in [2.05, 4.69) is 5.32 Å². The highest BCUT2D eigenvalue weighted by atomic mass is 19.4. The van der Waals surface area contributed by atoms with Gasteiger partial charge in [-0.3, -0.25) is 9.59 Å². The van der Waals surface area contributed by atoms with Crippen LogP contribution in [0.3, 0.4) is 0 Å². The molecular formula is C27H22F3NO6. The number of aryl methyl sites for hydroxylation is 2. The molecule has 0 fully saturated rings. The molecule has 0 saturated heterocycles.